The maximum Gasteiger partial charge on any atom is 0.159 e. The number of nitrogens with two attached hydrogens (primary N) is 1. The summed E-state index contributed by atoms with van der Waals surface area (Å²) in [5, 5.41) is 11.2. The van der Waals surface area contributed by atoms with E-state index in [1.165, 1.54) is 0 Å². The second-order valence-electron chi connectivity index (χ2n) is 3.36. The van der Waals surface area contributed by atoms with Crippen molar-refractivity contribution in [3.05, 3.63) is 17.8 Å². The van der Waals surface area contributed by atoms with Gasteiger partial charge in [-0.3, -0.25) is 0 Å². The lowest BCUT2D eigenvalue weighted by molar-refractivity contribution is 0.764. The Labute approximate surface area is 105 Å². The summed E-state index contributed by atoms with van der Waals surface area (Å²) in [6, 6.07) is 2.14. The van der Waals surface area contributed by atoms with Crippen LogP contribution in [0.15, 0.2) is 12.3 Å². The molecule has 0 saturated heterocycles. The first-order valence-corrected chi connectivity index (χ1v) is 6.86. The van der Waals surface area contributed by atoms with Gasteiger partial charge in [-0.25, -0.2) is 0 Å². The van der Waals surface area contributed by atoms with E-state index in [-0.39, 0.29) is 0 Å². The molecule has 1 atom stereocenters. The minimum absolute atomic E-state index is 0.344. The van der Waals surface area contributed by atoms with E-state index < -0.39 is 0 Å². The molecule has 0 aliphatic carbocycles. The molecule has 3 N–H and O–H groups in total. The van der Waals surface area contributed by atoms with E-state index in [1.54, 1.807) is 24.0 Å². The SMILES string of the molecule is CCC(CSC)Nc1nnccc1C(N)=S. The van der Waals surface area contributed by atoms with Crippen LogP contribution in [0.1, 0.15) is 18.9 Å². The maximum absolute atomic E-state index is 5.62. The van der Waals surface area contributed by atoms with E-state index in [0.29, 0.717) is 16.8 Å². The van der Waals surface area contributed by atoms with Gasteiger partial charge in [0.1, 0.15) is 4.99 Å². The Balaban J connectivity index is 2.82. The first-order chi connectivity index (χ1) is 7.69. The third-order valence-electron chi connectivity index (χ3n) is 2.19. The van der Waals surface area contributed by atoms with Crippen molar-refractivity contribution in [2.75, 3.05) is 17.3 Å². The molecule has 1 rings (SSSR count). The topological polar surface area (TPSA) is 63.8 Å². The lowest BCUT2D eigenvalue weighted by atomic mass is 10.2. The molecule has 0 saturated carbocycles. The third kappa shape index (κ3) is 3.61. The molecule has 0 radical (unpaired) electrons. The van der Waals surface area contributed by atoms with E-state index >= 15 is 0 Å². The summed E-state index contributed by atoms with van der Waals surface area (Å²) in [6.07, 6.45) is 4.69. The molecule has 0 spiro atoms. The van der Waals surface area contributed by atoms with Gasteiger partial charge in [-0.15, -0.1) is 5.10 Å². The highest BCUT2D eigenvalue weighted by atomic mass is 32.2. The van der Waals surface area contributed by atoms with Crippen LogP contribution in [-0.2, 0) is 0 Å². The average Bonchev–Trinajstić information content (AvgIpc) is 2.29. The zero-order valence-corrected chi connectivity index (χ0v) is 11.1. The van der Waals surface area contributed by atoms with Crippen LogP contribution in [0.5, 0.6) is 0 Å². The normalized spacial score (nSPS) is 12.1. The van der Waals surface area contributed by atoms with Gasteiger partial charge < -0.3 is 11.1 Å². The second kappa shape index (κ2) is 6.65. The number of aromatic nitrogens is 2. The Hall–Kier alpha value is -0.880. The van der Waals surface area contributed by atoms with Crippen molar-refractivity contribution in [1.82, 2.24) is 10.2 Å². The van der Waals surface area contributed by atoms with Crippen LogP contribution < -0.4 is 11.1 Å². The summed E-state index contributed by atoms with van der Waals surface area (Å²) in [5.41, 5.74) is 6.38. The van der Waals surface area contributed by atoms with Gasteiger partial charge in [0.25, 0.3) is 0 Å². The largest absolute Gasteiger partial charge is 0.389 e. The highest BCUT2D eigenvalue weighted by Gasteiger charge is 2.11. The molecule has 0 aliphatic heterocycles. The molecular formula is C10H16N4S2. The van der Waals surface area contributed by atoms with Crippen LogP contribution >= 0.6 is 24.0 Å². The number of nitrogens with one attached hydrogen (secondary N) is 1. The minimum atomic E-state index is 0.344. The van der Waals surface area contributed by atoms with Gasteiger partial charge in [-0.1, -0.05) is 19.1 Å². The average molecular weight is 256 g/mol. The second-order valence-corrected chi connectivity index (χ2v) is 4.71. The fourth-order valence-electron chi connectivity index (χ4n) is 1.29. The van der Waals surface area contributed by atoms with E-state index in [2.05, 4.69) is 28.7 Å². The standard InChI is InChI=1S/C10H16N4S2/c1-3-7(6-16-2)13-10-8(9(11)15)4-5-12-14-10/h4-5,7H,3,6H2,1-2H3,(H2,11,15)(H,13,14). The highest BCUT2D eigenvalue weighted by Crippen LogP contribution is 2.14. The molecule has 1 unspecified atom stereocenters. The van der Waals surface area contributed by atoms with Gasteiger partial charge in [0.15, 0.2) is 5.82 Å². The van der Waals surface area contributed by atoms with Crippen molar-refractivity contribution in [2.45, 2.75) is 19.4 Å². The number of thiocarbonyl (C=S) groups is 1. The van der Waals surface area contributed by atoms with Crippen LogP contribution in [0.3, 0.4) is 0 Å². The van der Waals surface area contributed by atoms with E-state index in [0.717, 1.165) is 17.7 Å². The first-order valence-electron chi connectivity index (χ1n) is 5.06. The van der Waals surface area contributed by atoms with Crippen LogP contribution in [0.2, 0.25) is 0 Å². The fraction of sp³-hybridized carbons (Fsp3) is 0.500. The summed E-state index contributed by atoms with van der Waals surface area (Å²) >= 11 is 6.76. The minimum Gasteiger partial charge on any atom is -0.389 e. The van der Waals surface area contributed by atoms with Crippen molar-refractivity contribution in [2.24, 2.45) is 5.73 Å². The number of anilines is 1. The number of thioether (sulfide) groups is 1. The van der Waals surface area contributed by atoms with Crippen LogP contribution in [-0.4, -0.2) is 33.2 Å². The predicted octanol–water partition coefficient (Wildman–Crippen LogP) is 1.66. The quantitative estimate of drug-likeness (QED) is 0.755. The summed E-state index contributed by atoms with van der Waals surface area (Å²) in [7, 11) is 0. The van der Waals surface area contributed by atoms with Crippen LogP contribution in [0.25, 0.3) is 0 Å². The molecule has 0 amide bonds. The Morgan fingerprint density at radius 1 is 1.69 bits per heavy atom. The zero-order valence-electron chi connectivity index (χ0n) is 9.43. The molecule has 1 aromatic rings. The Bertz CT molecular complexity index is 356. The van der Waals surface area contributed by atoms with E-state index in [1.807, 2.05) is 0 Å². The van der Waals surface area contributed by atoms with E-state index in [9.17, 15) is 0 Å². The van der Waals surface area contributed by atoms with E-state index in [4.69, 9.17) is 18.0 Å². The van der Waals surface area contributed by atoms with Crippen LogP contribution in [0, 0.1) is 0 Å². The van der Waals surface area contributed by atoms with Crippen LogP contribution in [0.4, 0.5) is 5.82 Å². The molecule has 4 nitrogen and oxygen atoms in total. The van der Waals surface area contributed by atoms with Gasteiger partial charge in [-0.2, -0.15) is 16.9 Å². The fourth-order valence-corrected chi connectivity index (χ4v) is 2.18. The lowest BCUT2D eigenvalue weighted by Crippen LogP contribution is -2.24. The van der Waals surface area contributed by atoms with Gasteiger partial charge in [-0.05, 0) is 18.7 Å². The number of rotatable bonds is 6. The lowest BCUT2D eigenvalue weighted by Gasteiger charge is -2.17. The molecule has 0 aromatic carbocycles. The smallest absolute Gasteiger partial charge is 0.159 e. The zero-order chi connectivity index (χ0) is 12.0. The summed E-state index contributed by atoms with van der Waals surface area (Å²) in [4.78, 5) is 0.344. The third-order valence-corrected chi connectivity index (χ3v) is 3.14. The predicted molar refractivity (Wildman–Crippen MR) is 74.0 cm³/mol. The van der Waals surface area contributed by atoms with Gasteiger partial charge in [0.05, 0.1) is 11.8 Å². The number of hydrogen-bond acceptors (Lipinski definition) is 5. The first kappa shape index (κ1) is 13.2. The molecule has 0 fully saturated rings. The maximum atomic E-state index is 5.62. The monoisotopic (exact) mass is 256 g/mol. The molecule has 1 heterocycles. The Morgan fingerprint density at radius 3 is 3.00 bits per heavy atom. The molecule has 16 heavy (non-hydrogen) atoms. The Kier molecular flexibility index (Phi) is 5.48. The molecule has 0 aliphatic rings. The Morgan fingerprint density at radius 2 is 2.44 bits per heavy atom. The summed E-state index contributed by atoms with van der Waals surface area (Å²) < 4.78 is 0. The molecular weight excluding hydrogens is 240 g/mol. The van der Waals surface area contributed by atoms with Crippen molar-refractivity contribution in [1.29, 1.82) is 0 Å². The molecule has 1 aromatic heterocycles. The molecule has 88 valence electrons. The number of nitrogens with zero attached hydrogens (tertiary/aromatic N) is 2. The van der Waals surface area contributed by atoms with Crippen molar-refractivity contribution >= 4 is 34.8 Å². The molecule has 0 bridgehead atoms. The van der Waals surface area contributed by atoms with Gasteiger partial charge in [0.2, 0.25) is 0 Å². The van der Waals surface area contributed by atoms with Crippen molar-refractivity contribution < 1.29 is 0 Å². The van der Waals surface area contributed by atoms with Crippen molar-refractivity contribution in [3.63, 3.8) is 0 Å². The highest BCUT2D eigenvalue weighted by molar-refractivity contribution is 7.98. The summed E-state index contributed by atoms with van der Waals surface area (Å²) in [6.45, 7) is 2.13. The van der Waals surface area contributed by atoms with Gasteiger partial charge >= 0.3 is 0 Å². The number of hydrogen-bond donors (Lipinski definition) is 2. The van der Waals surface area contributed by atoms with Gasteiger partial charge in [0, 0.05) is 11.8 Å². The van der Waals surface area contributed by atoms with Crippen molar-refractivity contribution in [3.8, 4) is 0 Å². The summed E-state index contributed by atoms with van der Waals surface area (Å²) in [5.74, 6) is 1.69. The molecule has 6 heteroatoms.